The molecule has 9 aromatic carbocycles. The third-order valence-electron chi connectivity index (χ3n) is 14.2. The summed E-state index contributed by atoms with van der Waals surface area (Å²) < 4.78 is 6.83. The molecular formula is C58H41NO. The highest BCUT2D eigenvalue weighted by molar-refractivity contribution is 6.19. The summed E-state index contributed by atoms with van der Waals surface area (Å²) in [6, 6.07) is 70.1. The van der Waals surface area contributed by atoms with E-state index in [1.54, 1.807) is 0 Å². The van der Waals surface area contributed by atoms with Crippen molar-refractivity contribution < 1.29 is 4.42 Å². The fourth-order valence-electron chi connectivity index (χ4n) is 11.7. The third-order valence-corrected chi connectivity index (χ3v) is 14.2. The average Bonchev–Trinajstić information content (AvgIpc) is 4.02. The van der Waals surface area contributed by atoms with Gasteiger partial charge >= 0.3 is 0 Å². The van der Waals surface area contributed by atoms with Crippen LogP contribution in [0.25, 0.3) is 66.1 Å². The van der Waals surface area contributed by atoms with E-state index < -0.39 is 0 Å². The van der Waals surface area contributed by atoms with Crippen LogP contribution in [0.15, 0.2) is 192 Å². The van der Waals surface area contributed by atoms with Crippen molar-refractivity contribution in [1.29, 1.82) is 0 Å². The van der Waals surface area contributed by atoms with Crippen LogP contribution in [0.3, 0.4) is 0 Å². The van der Waals surface area contributed by atoms with E-state index in [-0.39, 0.29) is 10.8 Å². The molecule has 0 fully saturated rings. The Hall–Kier alpha value is -7.16. The second-order valence-corrected chi connectivity index (χ2v) is 17.5. The van der Waals surface area contributed by atoms with Gasteiger partial charge < -0.3 is 9.32 Å². The van der Waals surface area contributed by atoms with Gasteiger partial charge in [0, 0.05) is 33.0 Å². The quantitative estimate of drug-likeness (QED) is 0.177. The van der Waals surface area contributed by atoms with E-state index in [1.807, 2.05) is 0 Å². The van der Waals surface area contributed by atoms with Gasteiger partial charge in [0.25, 0.3) is 0 Å². The summed E-state index contributed by atoms with van der Waals surface area (Å²) in [5, 5.41) is 4.54. The Morgan fingerprint density at radius 1 is 0.483 bits per heavy atom. The van der Waals surface area contributed by atoms with E-state index in [9.17, 15) is 0 Å². The maximum absolute atomic E-state index is 6.83. The zero-order valence-electron chi connectivity index (χ0n) is 33.7. The van der Waals surface area contributed by atoms with Crippen LogP contribution >= 0.6 is 0 Å². The predicted octanol–water partition coefficient (Wildman–Crippen LogP) is 15.4. The van der Waals surface area contributed by atoms with Gasteiger partial charge in [-0.15, -0.1) is 0 Å². The van der Waals surface area contributed by atoms with Gasteiger partial charge in [-0.2, -0.15) is 0 Å². The van der Waals surface area contributed by atoms with E-state index in [0.29, 0.717) is 0 Å². The van der Waals surface area contributed by atoms with Crippen molar-refractivity contribution in [3.63, 3.8) is 0 Å². The fraction of sp³-hybridized carbons (Fsp3) is 0.103. The van der Waals surface area contributed by atoms with Gasteiger partial charge in [-0.3, -0.25) is 0 Å². The molecule has 1 heterocycles. The van der Waals surface area contributed by atoms with E-state index in [0.717, 1.165) is 57.2 Å². The molecular weight excluding hydrogens is 727 g/mol. The lowest BCUT2D eigenvalue weighted by molar-refractivity contribution is 0.626. The maximum Gasteiger partial charge on any atom is 0.143 e. The molecule has 60 heavy (non-hydrogen) atoms. The second-order valence-electron chi connectivity index (χ2n) is 17.5. The van der Waals surface area contributed by atoms with E-state index >= 15 is 0 Å². The molecule has 1 unspecified atom stereocenters. The molecule has 0 saturated heterocycles. The van der Waals surface area contributed by atoms with Crippen LogP contribution in [0.5, 0.6) is 0 Å². The standard InChI is InChI=1S/C58H41NO/c1-57(2)49-24-9-6-20-44(49)46-22-12-21-41(55(46)57)38-16-11-17-39(34-38)59(52-26-13-27-53-54(52)47-30-28-36-14-3-5-18-42(36)56(47)60-53)40-29-31-45-43-19-7-10-25-50(43)58(51(45)35-40)33-32-37-15-4-8-23-48(37)58/h3-31,34-35H,32-33H2,1-2H3. The van der Waals surface area contributed by atoms with Gasteiger partial charge in [-0.05, 0) is 127 Å². The Morgan fingerprint density at radius 2 is 1.17 bits per heavy atom. The molecule has 0 aliphatic heterocycles. The van der Waals surface area contributed by atoms with Gasteiger partial charge in [0.2, 0.25) is 0 Å². The van der Waals surface area contributed by atoms with E-state index in [4.69, 9.17) is 4.42 Å². The van der Waals surface area contributed by atoms with Crippen LogP contribution in [0, 0.1) is 0 Å². The number of benzene rings is 9. The molecule has 13 rings (SSSR count). The van der Waals surface area contributed by atoms with Gasteiger partial charge in [-0.25, -0.2) is 0 Å². The molecule has 0 N–H and O–H groups in total. The van der Waals surface area contributed by atoms with Crippen molar-refractivity contribution in [3.05, 3.63) is 221 Å². The van der Waals surface area contributed by atoms with Crippen LogP contribution in [-0.2, 0) is 17.3 Å². The first-order valence-corrected chi connectivity index (χ1v) is 21.3. The number of hydrogen-bond donors (Lipinski definition) is 0. The molecule has 3 aliphatic rings. The molecule has 2 heteroatoms. The fourth-order valence-corrected chi connectivity index (χ4v) is 11.7. The van der Waals surface area contributed by atoms with Crippen LogP contribution in [-0.4, -0.2) is 0 Å². The van der Waals surface area contributed by atoms with E-state index in [1.165, 1.54) is 72.1 Å². The van der Waals surface area contributed by atoms with Gasteiger partial charge in [0.05, 0.1) is 11.1 Å². The Balaban J connectivity index is 1.07. The van der Waals surface area contributed by atoms with Gasteiger partial charge in [0.1, 0.15) is 11.2 Å². The van der Waals surface area contributed by atoms with Crippen molar-refractivity contribution in [3.8, 4) is 33.4 Å². The molecule has 0 amide bonds. The van der Waals surface area contributed by atoms with Crippen molar-refractivity contribution in [2.45, 2.75) is 37.5 Å². The second kappa shape index (κ2) is 12.2. The molecule has 10 aromatic rings. The summed E-state index contributed by atoms with van der Waals surface area (Å²) in [5.74, 6) is 0. The minimum Gasteiger partial charge on any atom is -0.455 e. The van der Waals surface area contributed by atoms with Crippen LogP contribution in [0.1, 0.15) is 53.6 Å². The predicted molar refractivity (Wildman–Crippen MR) is 249 cm³/mol. The topological polar surface area (TPSA) is 16.4 Å². The van der Waals surface area contributed by atoms with Gasteiger partial charge in [-0.1, -0.05) is 159 Å². The smallest absolute Gasteiger partial charge is 0.143 e. The first kappa shape index (κ1) is 33.8. The monoisotopic (exact) mass is 767 g/mol. The number of hydrogen-bond acceptors (Lipinski definition) is 2. The Morgan fingerprint density at radius 3 is 2.07 bits per heavy atom. The van der Waals surface area contributed by atoms with Crippen molar-refractivity contribution >= 4 is 49.8 Å². The summed E-state index contributed by atoms with van der Waals surface area (Å²) >= 11 is 0. The first-order valence-electron chi connectivity index (χ1n) is 21.3. The lowest BCUT2D eigenvalue weighted by Crippen LogP contribution is -2.24. The number of rotatable bonds is 4. The average molecular weight is 768 g/mol. The molecule has 3 aliphatic carbocycles. The van der Waals surface area contributed by atoms with Crippen LogP contribution in [0.2, 0.25) is 0 Å². The van der Waals surface area contributed by atoms with Gasteiger partial charge in [0.15, 0.2) is 0 Å². The number of aryl methyl sites for hydroxylation is 1. The number of furan rings is 1. The number of anilines is 3. The number of nitrogens with zero attached hydrogens (tertiary/aromatic N) is 1. The largest absolute Gasteiger partial charge is 0.455 e. The molecule has 0 radical (unpaired) electrons. The molecule has 2 nitrogen and oxygen atoms in total. The summed E-state index contributed by atoms with van der Waals surface area (Å²) in [6.45, 7) is 4.76. The SMILES string of the molecule is CC1(C)c2ccccc2-c2cccc(-c3cccc(N(c4ccc5c(c4)C4(CCc6ccccc64)c4ccccc4-5)c4cccc5oc6c7ccccc7ccc6c45)c3)c21. The molecule has 0 saturated carbocycles. The summed E-state index contributed by atoms with van der Waals surface area (Å²) in [5.41, 5.74) is 21.1. The Labute approximate surface area is 350 Å². The third kappa shape index (κ3) is 4.43. The molecule has 284 valence electrons. The highest BCUT2D eigenvalue weighted by Crippen LogP contribution is 2.60. The van der Waals surface area contributed by atoms with Crippen LogP contribution < -0.4 is 4.90 Å². The Bertz CT molecular complexity index is 3440. The zero-order chi connectivity index (χ0) is 39.7. The molecule has 1 spiro atoms. The van der Waals surface area contributed by atoms with E-state index in [2.05, 4.69) is 207 Å². The Kier molecular flexibility index (Phi) is 6.86. The molecule has 0 bridgehead atoms. The maximum atomic E-state index is 6.83. The summed E-state index contributed by atoms with van der Waals surface area (Å²) in [6.07, 6.45) is 2.12. The molecule has 1 aromatic heterocycles. The lowest BCUT2D eigenvalue weighted by atomic mass is 9.73. The number of fused-ring (bicyclic) bond motifs is 15. The first-order chi connectivity index (χ1) is 29.5. The minimum atomic E-state index is -0.204. The zero-order valence-corrected chi connectivity index (χ0v) is 33.7. The summed E-state index contributed by atoms with van der Waals surface area (Å²) in [7, 11) is 0. The lowest BCUT2D eigenvalue weighted by Gasteiger charge is -2.31. The summed E-state index contributed by atoms with van der Waals surface area (Å²) in [4.78, 5) is 2.50. The van der Waals surface area contributed by atoms with Crippen molar-refractivity contribution in [2.75, 3.05) is 4.90 Å². The normalized spacial score (nSPS) is 16.6. The highest BCUT2D eigenvalue weighted by atomic mass is 16.3. The highest BCUT2D eigenvalue weighted by Gasteiger charge is 2.48. The van der Waals surface area contributed by atoms with Crippen LogP contribution in [0.4, 0.5) is 17.1 Å². The molecule has 1 atom stereocenters. The van der Waals surface area contributed by atoms with Crippen molar-refractivity contribution in [2.24, 2.45) is 0 Å². The minimum absolute atomic E-state index is 0.136. The van der Waals surface area contributed by atoms with Crippen molar-refractivity contribution in [1.82, 2.24) is 0 Å².